The standard InChI is InChI=1S/C18H32N4/c1-4-11-21(12-5-2)15-18(17-6-8-19-9-7-17)22-13-10-20-14-16(22)3/h6-9,16,18,20H,4-5,10-15H2,1-3H3. The lowest BCUT2D eigenvalue weighted by atomic mass is 10.0. The minimum absolute atomic E-state index is 0.471. The predicted molar refractivity (Wildman–Crippen MR) is 93.0 cm³/mol. The Hall–Kier alpha value is -0.970. The molecule has 0 amide bonds. The van der Waals surface area contributed by atoms with Gasteiger partial charge in [-0.05, 0) is 50.6 Å². The van der Waals surface area contributed by atoms with Gasteiger partial charge in [-0.3, -0.25) is 9.88 Å². The van der Waals surface area contributed by atoms with Crippen molar-refractivity contribution in [3.8, 4) is 0 Å². The molecule has 1 N–H and O–H groups in total. The average Bonchev–Trinajstić information content (AvgIpc) is 2.54. The Balaban J connectivity index is 2.17. The van der Waals surface area contributed by atoms with Crippen molar-refractivity contribution in [2.75, 3.05) is 39.3 Å². The highest BCUT2D eigenvalue weighted by molar-refractivity contribution is 5.16. The molecule has 2 atom stereocenters. The fourth-order valence-corrected chi connectivity index (χ4v) is 3.48. The van der Waals surface area contributed by atoms with Crippen LogP contribution in [-0.2, 0) is 0 Å². The first-order valence-electron chi connectivity index (χ1n) is 8.85. The van der Waals surface area contributed by atoms with Crippen molar-refractivity contribution in [2.45, 2.75) is 45.7 Å². The number of nitrogens with one attached hydrogen (secondary N) is 1. The first kappa shape index (κ1) is 17.4. The van der Waals surface area contributed by atoms with Crippen molar-refractivity contribution < 1.29 is 0 Å². The second-order valence-corrected chi connectivity index (χ2v) is 6.39. The van der Waals surface area contributed by atoms with Crippen LogP contribution in [0.2, 0.25) is 0 Å². The van der Waals surface area contributed by atoms with Gasteiger partial charge in [-0.25, -0.2) is 0 Å². The third kappa shape index (κ3) is 4.77. The van der Waals surface area contributed by atoms with Crippen molar-refractivity contribution in [3.05, 3.63) is 30.1 Å². The van der Waals surface area contributed by atoms with Crippen LogP contribution in [0.25, 0.3) is 0 Å². The Labute approximate surface area is 135 Å². The monoisotopic (exact) mass is 304 g/mol. The van der Waals surface area contributed by atoms with Gasteiger partial charge >= 0.3 is 0 Å². The molecule has 1 aromatic rings. The Morgan fingerprint density at radius 3 is 2.55 bits per heavy atom. The summed E-state index contributed by atoms with van der Waals surface area (Å²) in [5, 5.41) is 3.51. The summed E-state index contributed by atoms with van der Waals surface area (Å²) in [5.41, 5.74) is 1.40. The minimum Gasteiger partial charge on any atom is -0.314 e. The van der Waals surface area contributed by atoms with Gasteiger partial charge < -0.3 is 10.2 Å². The van der Waals surface area contributed by atoms with E-state index in [2.05, 4.69) is 53.0 Å². The van der Waals surface area contributed by atoms with Crippen LogP contribution in [0, 0.1) is 0 Å². The van der Waals surface area contributed by atoms with Gasteiger partial charge in [0, 0.05) is 50.7 Å². The zero-order chi connectivity index (χ0) is 15.8. The van der Waals surface area contributed by atoms with E-state index in [4.69, 9.17) is 0 Å². The van der Waals surface area contributed by atoms with E-state index in [9.17, 15) is 0 Å². The van der Waals surface area contributed by atoms with Crippen molar-refractivity contribution in [3.63, 3.8) is 0 Å². The zero-order valence-electron chi connectivity index (χ0n) is 14.5. The second kappa shape index (κ2) is 9.23. The third-order valence-electron chi connectivity index (χ3n) is 4.55. The van der Waals surface area contributed by atoms with Crippen LogP contribution in [0.3, 0.4) is 0 Å². The Morgan fingerprint density at radius 1 is 1.27 bits per heavy atom. The van der Waals surface area contributed by atoms with E-state index in [1.807, 2.05) is 12.4 Å². The molecule has 22 heavy (non-hydrogen) atoms. The topological polar surface area (TPSA) is 31.4 Å². The quantitative estimate of drug-likeness (QED) is 0.800. The largest absolute Gasteiger partial charge is 0.314 e. The van der Waals surface area contributed by atoms with Crippen LogP contribution in [-0.4, -0.2) is 60.1 Å². The summed E-state index contributed by atoms with van der Waals surface area (Å²) in [6, 6.07) is 5.43. The summed E-state index contributed by atoms with van der Waals surface area (Å²) < 4.78 is 0. The molecule has 1 aliphatic heterocycles. The summed E-state index contributed by atoms with van der Waals surface area (Å²) >= 11 is 0. The van der Waals surface area contributed by atoms with Crippen LogP contribution in [0.1, 0.15) is 45.2 Å². The van der Waals surface area contributed by atoms with E-state index in [-0.39, 0.29) is 0 Å². The Kier molecular flexibility index (Phi) is 7.30. The molecule has 124 valence electrons. The first-order valence-corrected chi connectivity index (χ1v) is 8.85. The summed E-state index contributed by atoms with van der Waals surface area (Å²) in [6.07, 6.45) is 6.30. The zero-order valence-corrected chi connectivity index (χ0v) is 14.5. The Bertz CT molecular complexity index is 403. The molecule has 2 rings (SSSR count). The van der Waals surface area contributed by atoms with Crippen molar-refractivity contribution in [1.29, 1.82) is 0 Å². The molecule has 2 heterocycles. The summed E-state index contributed by atoms with van der Waals surface area (Å²) in [7, 11) is 0. The van der Waals surface area contributed by atoms with Crippen LogP contribution in [0.5, 0.6) is 0 Å². The van der Waals surface area contributed by atoms with Crippen LogP contribution in [0.4, 0.5) is 0 Å². The molecule has 0 radical (unpaired) electrons. The first-order chi connectivity index (χ1) is 10.8. The molecular weight excluding hydrogens is 272 g/mol. The lowest BCUT2D eigenvalue weighted by molar-refractivity contribution is 0.0839. The maximum absolute atomic E-state index is 4.20. The van der Waals surface area contributed by atoms with Gasteiger partial charge in [0.2, 0.25) is 0 Å². The predicted octanol–water partition coefficient (Wildman–Crippen LogP) is 2.54. The summed E-state index contributed by atoms with van der Waals surface area (Å²) in [5.74, 6) is 0. The molecule has 0 saturated carbocycles. The lowest BCUT2D eigenvalue weighted by Crippen LogP contribution is -2.53. The average molecular weight is 304 g/mol. The third-order valence-corrected chi connectivity index (χ3v) is 4.55. The molecule has 2 unspecified atom stereocenters. The number of piperazine rings is 1. The molecule has 4 nitrogen and oxygen atoms in total. The maximum atomic E-state index is 4.20. The van der Waals surface area contributed by atoms with Crippen LogP contribution >= 0.6 is 0 Å². The molecular formula is C18H32N4. The number of aromatic nitrogens is 1. The van der Waals surface area contributed by atoms with E-state index in [0.29, 0.717) is 12.1 Å². The fraction of sp³-hybridized carbons (Fsp3) is 0.722. The van der Waals surface area contributed by atoms with Crippen molar-refractivity contribution >= 4 is 0 Å². The number of nitrogens with zero attached hydrogens (tertiary/aromatic N) is 3. The maximum Gasteiger partial charge on any atom is 0.0480 e. The van der Waals surface area contributed by atoms with E-state index in [0.717, 1.165) is 26.2 Å². The van der Waals surface area contributed by atoms with Crippen molar-refractivity contribution in [2.24, 2.45) is 0 Å². The molecule has 1 saturated heterocycles. The van der Waals surface area contributed by atoms with Gasteiger partial charge in [-0.2, -0.15) is 0 Å². The highest BCUT2D eigenvalue weighted by Crippen LogP contribution is 2.25. The molecule has 1 aliphatic rings. The number of hydrogen-bond acceptors (Lipinski definition) is 4. The number of hydrogen-bond donors (Lipinski definition) is 1. The van der Waals surface area contributed by atoms with E-state index in [1.54, 1.807) is 0 Å². The molecule has 4 heteroatoms. The highest BCUT2D eigenvalue weighted by atomic mass is 15.3. The van der Waals surface area contributed by atoms with Gasteiger partial charge in [0.05, 0.1) is 0 Å². The number of pyridine rings is 1. The van der Waals surface area contributed by atoms with Gasteiger partial charge in [0.25, 0.3) is 0 Å². The van der Waals surface area contributed by atoms with E-state index >= 15 is 0 Å². The molecule has 1 aromatic heterocycles. The SMILES string of the molecule is CCCN(CCC)CC(c1ccncc1)N1CCNCC1C. The second-order valence-electron chi connectivity index (χ2n) is 6.39. The van der Waals surface area contributed by atoms with Crippen LogP contribution in [0.15, 0.2) is 24.5 Å². The van der Waals surface area contributed by atoms with Crippen molar-refractivity contribution in [1.82, 2.24) is 20.1 Å². The lowest BCUT2D eigenvalue weighted by Gasteiger charge is -2.42. The molecule has 0 spiro atoms. The smallest absolute Gasteiger partial charge is 0.0480 e. The van der Waals surface area contributed by atoms with Gasteiger partial charge in [0.1, 0.15) is 0 Å². The van der Waals surface area contributed by atoms with E-state index in [1.165, 1.54) is 31.5 Å². The van der Waals surface area contributed by atoms with Gasteiger partial charge in [0.15, 0.2) is 0 Å². The van der Waals surface area contributed by atoms with Gasteiger partial charge in [-0.1, -0.05) is 13.8 Å². The van der Waals surface area contributed by atoms with E-state index < -0.39 is 0 Å². The molecule has 0 bridgehead atoms. The number of rotatable bonds is 8. The molecule has 0 aromatic carbocycles. The normalized spacial score (nSPS) is 21.2. The fourth-order valence-electron chi connectivity index (χ4n) is 3.48. The minimum atomic E-state index is 0.471. The summed E-state index contributed by atoms with van der Waals surface area (Å²) in [4.78, 5) is 9.49. The highest BCUT2D eigenvalue weighted by Gasteiger charge is 2.28. The summed E-state index contributed by atoms with van der Waals surface area (Å²) in [6.45, 7) is 13.7. The molecule has 1 fully saturated rings. The van der Waals surface area contributed by atoms with Crippen LogP contribution < -0.4 is 5.32 Å². The van der Waals surface area contributed by atoms with Gasteiger partial charge in [-0.15, -0.1) is 0 Å². The Morgan fingerprint density at radius 2 is 1.95 bits per heavy atom. The molecule has 0 aliphatic carbocycles.